The smallest absolute Gasteiger partial charge is 0.263 e. The quantitative estimate of drug-likeness (QED) is 0.183. The largest absolute Gasteiger partial charge is 0.369 e. The molecule has 0 saturated carbocycles. The van der Waals surface area contributed by atoms with E-state index in [1.54, 1.807) is 0 Å². The number of ketones is 1. The van der Waals surface area contributed by atoms with Gasteiger partial charge in [-0.25, -0.2) is 0 Å². The van der Waals surface area contributed by atoms with Crippen molar-refractivity contribution in [1.82, 2.24) is 4.57 Å². The average molecular weight is 647 g/mol. The number of rotatable bonds is 6. The minimum Gasteiger partial charge on any atom is -0.369 e. The second-order valence-electron chi connectivity index (χ2n) is 12.5. The Bertz CT molecular complexity index is 2530. The number of aliphatic hydroxyl groups is 1. The van der Waals surface area contributed by atoms with E-state index in [1.165, 1.54) is 4.90 Å². The number of benzene rings is 7. The molecule has 1 atom stereocenters. The van der Waals surface area contributed by atoms with Crippen LogP contribution in [-0.2, 0) is 0 Å². The van der Waals surface area contributed by atoms with Crippen molar-refractivity contribution in [3.8, 4) is 27.9 Å². The van der Waals surface area contributed by atoms with Crippen LogP contribution in [0.5, 0.6) is 0 Å². The van der Waals surface area contributed by atoms with Crippen LogP contribution in [0.2, 0.25) is 0 Å². The first-order chi connectivity index (χ1) is 24.6. The van der Waals surface area contributed by atoms with E-state index >= 15 is 4.79 Å². The second kappa shape index (κ2) is 11.8. The lowest BCUT2D eigenvalue weighted by Crippen LogP contribution is -2.29. The predicted octanol–water partition coefficient (Wildman–Crippen LogP) is 10.00. The van der Waals surface area contributed by atoms with Crippen LogP contribution in [0.15, 0.2) is 170 Å². The van der Waals surface area contributed by atoms with Gasteiger partial charge in [0.15, 0.2) is 12.0 Å². The molecule has 1 unspecified atom stereocenters. The zero-order valence-corrected chi connectivity index (χ0v) is 26.9. The van der Waals surface area contributed by atoms with Crippen LogP contribution in [0.4, 0.5) is 5.69 Å². The zero-order valence-electron chi connectivity index (χ0n) is 26.9. The lowest BCUT2D eigenvalue weighted by molar-refractivity contribution is 0.0935. The molecule has 0 radical (unpaired) electrons. The van der Waals surface area contributed by atoms with Gasteiger partial charge in [-0.3, -0.25) is 14.5 Å². The fraction of sp³-hybridized carbons (Fsp3) is 0.0222. The van der Waals surface area contributed by atoms with Crippen molar-refractivity contribution in [2.24, 2.45) is 0 Å². The van der Waals surface area contributed by atoms with E-state index < -0.39 is 6.23 Å². The van der Waals surface area contributed by atoms with E-state index in [4.69, 9.17) is 0 Å². The highest BCUT2D eigenvalue weighted by molar-refractivity contribution is 6.19. The Morgan fingerprint density at radius 2 is 1.12 bits per heavy atom. The van der Waals surface area contributed by atoms with E-state index in [1.807, 2.05) is 164 Å². The number of para-hydroxylation sites is 2. The van der Waals surface area contributed by atoms with Crippen molar-refractivity contribution >= 4 is 39.2 Å². The van der Waals surface area contributed by atoms with Crippen molar-refractivity contribution in [1.29, 1.82) is 0 Å². The van der Waals surface area contributed by atoms with Gasteiger partial charge in [0.1, 0.15) is 0 Å². The van der Waals surface area contributed by atoms with Gasteiger partial charge in [-0.1, -0.05) is 152 Å². The van der Waals surface area contributed by atoms with Gasteiger partial charge >= 0.3 is 0 Å². The Balaban J connectivity index is 1.27. The molecule has 0 aliphatic carbocycles. The summed E-state index contributed by atoms with van der Waals surface area (Å²) in [5.74, 6) is -0.377. The molecule has 1 aliphatic rings. The first-order valence-corrected chi connectivity index (χ1v) is 16.6. The van der Waals surface area contributed by atoms with Crippen LogP contribution in [0, 0.1) is 0 Å². The zero-order chi connectivity index (χ0) is 33.8. The molecule has 8 aromatic rings. The molecule has 1 aliphatic heterocycles. The first kappa shape index (κ1) is 29.6. The number of aromatic nitrogens is 1. The molecular weight excluding hydrogens is 617 g/mol. The van der Waals surface area contributed by atoms with Crippen molar-refractivity contribution in [2.75, 3.05) is 4.90 Å². The Labute approximate surface area is 288 Å². The van der Waals surface area contributed by atoms with Gasteiger partial charge in [0.25, 0.3) is 5.91 Å². The summed E-state index contributed by atoms with van der Waals surface area (Å²) in [5.41, 5.74) is 8.65. The summed E-state index contributed by atoms with van der Waals surface area (Å²) in [6, 6.07) is 54.6. The molecule has 5 heteroatoms. The lowest BCUT2D eigenvalue weighted by atomic mass is 9.95. The molecule has 9 rings (SSSR count). The number of carbonyl (C=O) groups excluding carboxylic acids is 2. The van der Waals surface area contributed by atoms with Crippen molar-refractivity contribution in [3.63, 3.8) is 0 Å². The summed E-state index contributed by atoms with van der Waals surface area (Å²) in [6.45, 7) is 0. The maximum atomic E-state index is 15.0. The molecule has 5 nitrogen and oxygen atoms in total. The molecular formula is C45H30N2O3. The van der Waals surface area contributed by atoms with Gasteiger partial charge in [-0.2, -0.15) is 0 Å². The van der Waals surface area contributed by atoms with Crippen molar-refractivity contribution in [2.45, 2.75) is 6.23 Å². The molecule has 0 spiro atoms. The normalized spacial score (nSPS) is 14.0. The molecule has 0 fully saturated rings. The molecule has 238 valence electrons. The summed E-state index contributed by atoms with van der Waals surface area (Å²) < 4.78 is 2.06. The Hall–Kier alpha value is -6.56. The van der Waals surface area contributed by atoms with Crippen molar-refractivity contribution < 1.29 is 14.7 Å². The molecule has 1 N–H and O–H groups in total. The second-order valence-corrected chi connectivity index (χ2v) is 12.5. The number of carbonyl (C=O) groups is 2. The Morgan fingerprint density at radius 3 is 1.80 bits per heavy atom. The fourth-order valence-corrected chi connectivity index (χ4v) is 7.42. The molecule has 0 bridgehead atoms. The minimum atomic E-state index is -1.23. The highest BCUT2D eigenvalue weighted by Crippen LogP contribution is 2.47. The number of anilines is 1. The van der Waals surface area contributed by atoms with Gasteiger partial charge in [0, 0.05) is 38.6 Å². The number of amides is 1. The fourth-order valence-electron chi connectivity index (χ4n) is 7.42. The number of hydrogen-bond donors (Lipinski definition) is 1. The van der Waals surface area contributed by atoms with Crippen LogP contribution < -0.4 is 4.90 Å². The monoisotopic (exact) mass is 646 g/mol. The summed E-state index contributed by atoms with van der Waals surface area (Å²) in [6.07, 6.45) is -1.23. The highest BCUT2D eigenvalue weighted by Gasteiger charge is 2.41. The van der Waals surface area contributed by atoms with Crippen LogP contribution in [0.1, 0.15) is 38.1 Å². The standard InChI is InChI=1S/C45H30N2O3/c48-43(31-18-8-3-9-19-31)32-26-27-36-35-20-10-11-24-38(35)46(40(36)28-32)39-25-13-23-37-41(39)45(50)47(44(37)49)42-33(29-14-4-1-5-15-29)21-12-22-34(42)30-16-6-2-7-17-30/h1-28,44,49H. The third-order valence-corrected chi connectivity index (χ3v) is 9.69. The summed E-state index contributed by atoms with van der Waals surface area (Å²) in [5, 5.41) is 14.1. The first-order valence-electron chi connectivity index (χ1n) is 16.6. The molecule has 2 heterocycles. The predicted molar refractivity (Wildman–Crippen MR) is 200 cm³/mol. The van der Waals surface area contributed by atoms with E-state index in [2.05, 4.69) is 10.6 Å². The van der Waals surface area contributed by atoms with Crippen molar-refractivity contribution in [3.05, 3.63) is 192 Å². The lowest BCUT2D eigenvalue weighted by Gasteiger charge is -2.27. The maximum Gasteiger partial charge on any atom is 0.263 e. The molecule has 1 amide bonds. The number of nitrogens with zero attached hydrogens (tertiary/aromatic N) is 2. The van der Waals surface area contributed by atoms with E-state index in [0.717, 1.165) is 44.1 Å². The molecule has 1 aromatic heterocycles. The van der Waals surface area contributed by atoms with Gasteiger partial charge in [0.2, 0.25) is 0 Å². The van der Waals surface area contributed by atoms with Crippen LogP contribution in [-0.4, -0.2) is 21.4 Å². The average Bonchev–Trinajstić information content (AvgIpc) is 3.65. The molecule has 50 heavy (non-hydrogen) atoms. The SMILES string of the molecule is O=C(c1ccccc1)c1ccc2c3ccccc3n(-c3cccc4c3C(=O)N(c3c(-c5ccccc5)cccc3-c3ccccc3)C4O)c2c1. The highest BCUT2D eigenvalue weighted by atomic mass is 16.3. The Morgan fingerprint density at radius 1 is 0.540 bits per heavy atom. The molecule has 0 saturated heterocycles. The van der Waals surface area contributed by atoms with Gasteiger partial charge in [-0.05, 0) is 29.3 Å². The van der Waals surface area contributed by atoms with Crippen LogP contribution >= 0.6 is 0 Å². The van der Waals surface area contributed by atoms with Gasteiger partial charge < -0.3 is 9.67 Å². The Kier molecular flexibility index (Phi) is 7.01. The number of fused-ring (bicyclic) bond motifs is 4. The van der Waals surface area contributed by atoms with E-state index in [-0.39, 0.29) is 11.7 Å². The maximum absolute atomic E-state index is 15.0. The van der Waals surface area contributed by atoms with Crippen LogP contribution in [0.3, 0.4) is 0 Å². The number of aliphatic hydroxyl groups excluding tert-OH is 1. The topological polar surface area (TPSA) is 62.5 Å². The number of hydrogen-bond acceptors (Lipinski definition) is 3. The van der Waals surface area contributed by atoms with Crippen LogP contribution in [0.25, 0.3) is 49.7 Å². The summed E-state index contributed by atoms with van der Waals surface area (Å²) in [4.78, 5) is 30.2. The van der Waals surface area contributed by atoms with E-state index in [0.29, 0.717) is 33.6 Å². The third kappa shape index (κ3) is 4.60. The van der Waals surface area contributed by atoms with E-state index in [9.17, 15) is 9.90 Å². The van der Waals surface area contributed by atoms with Gasteiger partial charge in [0.05, 0.1) is 28.0 Å². The van der Waals surface area contributed by atoms with Gasteiger partial charge in [-0.15, -0.1) is 0 Å². The molecule has 7 aromatic carbocycles. The summed E-state index contributed by atoms with van der Waals surface area (Å²) in [7, 11) is 0. The summed E-state index contributed by atoms with van der Waals surface area (Å²) >= 11 is 0. The third-order valence-electron chi connectivity index (χ3n) is 9.69. The minimum absolute atomic E-state index is 0.0776.